The molecule has 3 saturated carbocycles. The Labute approximate surface area is 108 Å². The van der Waals surface area contributed by atoms with E-state index in [0.29, 0.717) is 17.3 Å². The molecule has 4 rings (SSSR count). The van der Waals surface area contributed by atoms with Crippen LogP contribution in [-0.2, 0) is 4.79 Å². The molecule has 18 heavy (non-hydrogen) atoms. The van der Waals surface area contributed by atoms with Crippen molar-refractivity contribution in [2.75, 3.05) is 0 Å². The Balaban J connectivity index is 1.67. The Hall–Kier alpha value is -0.790. The largest absolute Gasteiger partial charge is 0.481 e. The minimum atomic E-state index is -0.585. The van der Waals surface area contributed by atoms with Gasteiger partial charge in [-0.15, -0.1) is 0 Å². The number of rotatable bonds is 2. The highest BCUT2D eigenvalue weighted by Gasteiger charge is 2.58. The smallest absolute Gasteiger partial charge is 0.309 e. The molecule has 3 atom stereocenters. The third kappa shape index (κ3) is 1.17. The summed E-state index contributed by atoms with van der Waals surface area (Å²) in [6, 6.07) is 0. The number of fused-ring (bicyclic) bond motifs is 4. The molecule has 0 aliphatic heterocycles. The fraction of sp³-hybridized carbons (Fsp3) is 0.812. The fourth-order valence-electron chi connectivity index (χ4n) is 5.61. The predicted molar refractivity (Wildman–Crippen MR) is 69.0 cm³/mol. The summed E-state index contributed by atoms with van der Waals surface area (Å²) in [6.07, 6.45) is 11.4. The van der Waals surface area contributed by atoms with Gasteiger partial charge in [-0.3, -0.25) is 4.79 Å². The molecule has 4 bridgehead atoms. The maximum Gasteiger partial charge on any atom is 0.309 e. The van der Waals surface area contributed by atoms with Crippen molar-refractivity contribution in [3.05, 3.63) is 11.6 Å². The standard InChI is InChI=1S/C16H22O2/c1-15(14(17)18)9-11-6-12(15)7-13(11)16-4-2-10(8-16)3-5-16/h7,10-12H,2-6,8-9H2,1H3,(H,17,18). The zero-order valence-electron chi connectivity index (χ0n) is 11.1. The molecule has 0 heterocycles. The second kappa shape index (κ2) is 3.20. The van der Waals surface area contributed by atoms with E-state index < -0.39 is 11.4 Å². The molecular weight excluding hydrogens is 224 g/mol. The molecule has 4 aliphatic rings. The van der Waals surface area contributed by atoms with E-state index in [4.69, 9.17) is 0 Å². The highest BCUT2D eigenvalue weighted by Crippen LogP contribution is 2.66. The van der Waals surface area contributed by atoms with Crippen LogP contribution < -0.4 is 0 Å². The quantitative estimate of drug-likeness (QED) is 0.755. The molecule has 0 radical (unpaired) electrons. The number of hydrogen-bond donors (Lipinski definition) is 1. The van der Waals surface area contributed by atoms with E-state index in [9.17, 15) is 9.90 Å². The summed E-state index contributed by atoms with van der Waals surface area (Å²) in [5.41, 5.74) is 1.73. The first-order valence-electron chi connectivity index (χ1n) is 7.49. The first kappa shape index (κ1) is 11.1. The Morgan fingerprint density at radius 1 is 1.33 bits per heavy atom. The molecular formula is C16H22O2. The molecule has 0 spiro atoms. The van der Waals surface area contributed by atoms with Gasteiger partial charge >= 0.3 is 5.97 Å². The van der Waals surface area contributed by atoms with Crippen LogP contribution in [0.25, 0.3) is 0 Å². The van der Waals surface area contributed by atoms with Gasteiger partial charge < -0.3 is 5.11 Å². The van der Waals surface area contributed by atoms with Gasteiger partial charge in [-0.05, 0) is 75.0 Å². The van der Waals surface area contributed by atoms with Crippen LogP contribution in [0, 0.1) is 28.6 Å². The number of carboxylic acids is 1. The van der Waals surface area contributed by atoms with Crippen LogP contribution >= 0.6 is 0 Å². The lowest BCUT2D eigenvalue weighted by atomic mass is 9.68. The first-order valence-corrected chi connectivity index (χ1v) is 7.49. The Kier molecular flexibility index (Phi) is 1.97. The van der Waals surface area contributed by atoms with E-state index in [0.717, 1.165) is 18.8 Å². The van der Waals surface area contributed by atoms with E-state index >= 15 is 0 Å². The van der Waals surface area contributed by atoms with Crippen molar-refractivity contribution in [2.24, 2.45) is 28.6 Å². The SMILES string of the molecule is CC1(C(=O)O)CC2CC1C=C2C12CCC(CC1)C2. The molecule has 0 amide bonds. The van der Waals surface area contributed by atoms with Crippen LogP contribution in [0.5, 0.6) is 0 Å². The van der Waals surface area contributed by atoms with E-state index in [1.165, 1.54) is 32.1 Å². The number of allylic oxidation sites excluding steroid dienone is 2. The molecule has 2 nitrogen and oxygen atoms in total. The summed E-state index contributed by atoms with van der Waals surface area (Å²) in [7, 11) is 0. The minimum Gasteiger partial charge on any atom is -0.481 e. The summed E-state index contributed by atoms with van der Waals surface area (Å²) >= 11 is 0. The number of carboxylic acid groups (broad SMARTS) is 1. The fourth-order valence-corrected chi connectivity index (χ4v) is 5.61. The summed E-state index contributed by atoms with van der Waals surface area (Å²) in [4.78, 5) is 11.5. The topological polar surface area (TPSA) is 37.3 Å². The number of aliphatic carboxylic acids is 1. The van der Waals surface area contributed by atoms with Crippen LogP contribution in [0.4, 0.5) is 0 Å². The average Bonchev–Trinajstić information content (AvgIpc) is 3.06. The van der Waals surface area contributed by atoms with E-state index in [1.54, 1.807) is 5.57 Å². The number of hydrogen-bond acceptors (Lipinski definition) is 1. The molecule has 0 aromatic rings. The summed E-state index contributed by atoms with van der Waals surface area (Å²) in [6.45, 7) is 1.96. The molecule has 0 aromatic heterocycles. The van der Waals surface area contributed by atoms with Crippen molar-refractivity contribution in [3.63, 3.8) is 0 Å². The van der Waals surface area contributed by atoms with Crippen molar-refractivity contribution < 1.29 is 9.90 Å². The van der Waals surface area contributed by atoms with Crippen molar-refractivity contribution in [3.8, 4) is 0 Å². The van der Waals surface area contributed by atoms with Crippen LogP contribution in [0.2, 0.25) is 0 Å². The van der Waals surface area contributed by atoms with E-state index in [2.05, 4.69) is 6.08 Å². The maximum atomic E-state index is 11.5. The van der Waals surface area contributed by atoms with Gasteiger partial charge in [0.25, 0.3) is 0 Å². The lowest BCUT2D eigenvalue weighted by molar-refractivity contribution is -0.149. The summed E-state index contributed by atoms with van der Waals surface area (Å²) < 4.78 is 0. The number of carbonyl (C=O) groups is 1. The summed E-state index contributed by atoms with van der Waals surface area (Å²) in [5.74, 6) is 1.30. The monoisotopic (exact) mass is 246 g/mol. The predicted octanol–water partition coefficient (Wildman–Crippen LogP) is 3.62. The van der Waals surface area contributed by atoms with Gasteiger partial charge in [-0.1, -0.05) is 11.6 Å². The van der Waals surface area contributed by atoms with Crippen LogP contribution in [0.15, 0.2) is 11.6 Å². The summed E-state index contributed by atoms with van der Waals surface area (Å²) in [5, 5.41) is 9.45. The van der Waals surface area contributed by atoms with Gasteiger partial charge in [0.15, 0.2) is 0 Å². The second-order valence-electron chi connectivity index (χ2n) is 7.52. The van der Waals surface area contributed by atoms with Crippen LogP contribution in [-0.4, -0.2) is 11.1 Å². The molecule has 3 fully saturated rings. The molecule has 1 N–H and O–H groups in total. The molecule has 0 aromatic carbocycles. The Morgan fingerprint density at radius 2 is 2.06 bits per heavy atom. The van der Waals surface area contributed by atoms with E-state index in [-0.39, 0.29) is 0 Å². The third-order valence-electron chi connectivity index (χ3n) is 6.69. The average molecular weight is 246 g/mol. The molecule has 0 saturated heterocycles. The molecule has 2 heteroatoms. The maximum absolute atomic E-state index is 11.5. The first-order chi connectivity index (χ1) is 8.53. The minimum absolute atomic E-state index is 0.309. The van der Waals surface area contributed by atoms with Gasteiger partial charge in [0, 0.05) is 0 Å². The van der Waals surface area contributed by atoms with Gasteiger partial charge in [-0.25, -0.2) is 0 Å². The van der Waals surface area contributed by atoms with Crippen LogP contribution in [0.1, 0.15) is 51.9 Å². The third-order valence-corrected chi connectivity index (χ3v) is 6.69. The van der Waals surface area contributed by atoms with Gasteiger partial charge in [-0.2, -0.15) is 0 Å². The van der Waals surface area contributed by atoms with E-state index in [1.807, 2.05) is 6.92 Å². The zero-order chi connectivity index (χ0) is 12.5. The van der Waals surface area contributed by atoms with Crippen molar-refractivity contribution in [1.82, 2.24) is 0 Å². The van der Waals surface area contributed by atoms with Gasteiger partial charge in [0.2, 0.25) is 0 Å². The normalized spacial score (nSPS) is 52.9. The zero-order valence-corrected chi connectivity index (χ0v) is 11.1. The van der Waals surface area contributed by atoms with Gasteiger partial charge in [0.1, 0.15) is 0 Å². The van der Waals surface area contributed by atoms with Crippen molar-refractivity contribution in [2.45, 2.75) is 51.9 Å². The molecule has 3 unspecified atom stereocenters. The van der Waals surface area contributed by atoms with Gasteiger partial charge in [0.05, 0.1) is 5.41 Å². The second-order valence-corrected chi connectivity index (χ2v) is 7.52. The molecule has 4 aliphatic carbocycles. The van der Waals surface area contributed by atoms with Crippen molar-refractivity contribution >= 4 is 5.97 Å². The lowest BCUT2D eigenvalue weighted by Gasteiger charge is -2.36. The highest BCUT2D eigenvalue weighted by molar-refractivity contribution is 5.76. The van der Waals surface area contributed by atoms with Crippen LogP contribution in [0.3, 0.4) is 0 Å². The highest BCUT2D eigenvalue weighted by atomic mass is 16.4. The Bertz CT molecular complexity index is 442. The Morgan fingerprint density at radius 3 is 2.50 bits per heavy atom. The molecule has 98 valence electrons. The lowest BCUT2D eigenvalue weighted by Crippen LogP contribution is -2.34. The van der Waals surface area contributed by atoms with Crippen molar-refractivity contribution in [1.29, 1.82) is 0 Å².